The molecule has 1 aromatic carbocycles. The number of fused-ring (bicyclic) bond motifs is 1. The lowest BCUT2D eigenvalue weighted by atomic mass is 9.87. The molecule has 0 radical (unpaired) electrons. The van der Waals surface area contributed by atoms with Crippen molar-refractivity contribution in [3.05, 3.63) is 35.4 Å². The standard InChI is InChI=1S/C17H26N2/c1-2-19-11-9-16(10-12-19)18-17-8-7-14-5-3-4-6-15(14)13-17/h3-6,16-18H,2,7-13H2,1H3. The van der Waals surface area contributed by atoms with Crippen LogP contribution >= 0.6 is 0 Å². The van der Waals surface area contributed by atoms with Crippen molar-refractivity contribution in [2.75, 3.05) is 19.6 Å². The number of rotatable bonds is 3. The first-order chi connectivity index (χ1) is 9.35. The van der Waals surface area contributed by atoms with Gasteiger partial charge in [-0.05, 0) is 62.9 Å². The maximum absolute atomic E-state index is 3.92. The molecule has 104 valence electrons. The molecule has 1 saturated heterocycles. The van der Waals surface area contributed by atoms with Gasteiger partial charge in [0.05, 0.1) is 0 Å². The highest BCUT2D eigenvalue weighted by Gasteiger charge is 2.23. The Kier molecular flexibility index (Phi) is 4.19. The van der Waals surface area contributed by atoms with Crippen LogP contribution in [0.1, 0.15) is 37.3 Å². The zero-order valence-electron chi connectivity index (χ0n) is 12.1. The Morgan fingerprint density at radius 1 is 1.05 bits per heavy atom. The number of hydrogen-bond acceptors (Lipinski definition) is 2. The number of nitrogens with one attached hydrogen (secondary N) is 1. The Balaban J connectivity index is 1.52. The van der Waals surface area contributed by atoms with E-state index in [1.54, 1.807) is 11.1 Å². The minimum absolute atomic E-state index is 0.702. The molecule has 0 saturated carbocycles. The fourth-order valence-corrected chi connectivity index (χ4v) is 3.59. The molecule has 2 aliphatic rings. The Morgan fingerprint density at radius 3 is 2.53 bits per heavy atom. The molecule has 1 N–H and O–H groups in total. The number of nitrogens with zero attached hydrogens (tertiary/aromatic N) is 1. The monoisotopic (exact) mass is 258 g/mol. The van der Waals surface area contributed by atoms with E-state index in [9.17, 15) is 0 Å². The van der Waals surface area contributed by atoms with Crippen LogP contribution in [-0.2, 0) is 12.8 Å². The van der Waals surface area contributed by atoms with Crippen molar-refractivity contribution in [3.8, 4) is 0 Å². The maximum atomic E-state index is 3.92. The number of aryl methyl sites for hydroxylation is 1. The van der Waals surface area contributed by atoms with Gasteiger partial charge in [-0.3, -0.25) is 0 Å². The van der Waals surface area contributed by atoms with Crippen LogP contribution in [0.3, 0.4) is 0 Å². The van der Waals surface area contributed by atoms with E-state index in [0.29, 0.717) is 6.04 Å². The predicted molar refractivity (Wildman–Crippen MR) is 80.5 cm³/mol. The van der Waals surface area contributed by atoms with Crippen LogP contribution in [0.4, 0.5) is 0 Å². The predicted octanol–water partition coefficient (Wildman–Crippen LogP) is 2.62. The lowest BCUT2D eigenvalue weighted by Gasteiger charge is -2.35. The van der Waals surface area contributed by atoms with E-state index in [-0.39, 0.29) is 0 Å². The lowest BCUT2D eigenvalue weighted by molar-refractivity contribution is 0.196. The molecule has 2 heteroatoms. The largest absolute Gasteiger partial charge is 0.311 e. The fourth-order valence-electron chi connectivity index (χ4n) is 3.59. The average molecular weight is 258 g/mol. The third kappa shape index (κ3) is 3.18. The summed E-state index contributed by atoms with van der Waals surface area (Å²) in [7, 11) is 0. The van der Waals surface area contributed by atoms with Gasteiger partial charge in [0.2, 0.25) is 0 Å². The molecular formula is C17H26N2. The van der Waals surface area contributed by atoms with Crippen LogP contribution in [0.25, 0.3) is 0 Å². The third-order valence-corrected chi connectivity index (χ3v) is 4.85. The van der Waals surface area contributed by atoms with Gasteiger partial charge in [-0.2, -0.15) is 0 Å². The van der Waals surface area contributed by atoms with Gasteiger partial charge in [0.1, 0.15) is 0 Å². The van der Waals surface area contributed by atoms with Crippen molar-refractivity contribution in [3.63, 3.8) is 0 Å². The van der Waals surface area contributed by atoms with Crippen molar-refractivity contribution in [2.24, 2.45) is 0 Å². The second-order valence-corrected chi connectivity index (χ2v) is 6.08. The molecule has 0 amide bonds. The molecule has 2 nitrogen and oxygen atoms in total. The quantitative estimate of drug-likeness (QED) is 0.896. The van der Waals surface area contributed by atoms with Gasteiger partial charge in [-0.15, -0.1) is 0 Å². The molecule has 1 aliphatic carbocycles. The van der Waals surface area contributed by atoms with Crippen LogP contribution in [0.2, 0.25) is 0 Å². The molecule has 1 aromatic rings. The second kappa shape index (κ2) is 6.06. The van der Waals surface area contributed by atoms with Gasteiger partial charge in [0.25, 0.3) is 0 Å². The van der Waals surface area contributed by atoms with Crippen LogP contribution in [0, 0.1) is 0 Å². The van der Waals surface area contributed by atoms with Gasteiger partial charge >= 0.3 is 0 Å². The zero-order valence-corrected chi connectivity index (χ0v) is 12.1. The second-order valence-electron chi connectivity index (χ2n) is 6.08. The van der Waals surface area contributed by atoms with Gasteiger partial charge in [-0.25, -0.2) is 0 Å². The summed E-state index contributed by atoms with van der Waals surface area (Å²) in [5.74, 6) is 0. The smallest absolute Gasteiger partial charge is 0.0113 e. The van der Waals surface area contributed by atoms with Crippen molar-refractivity contribution in [1.82, 2.24) is 10.2 Å². The van der Waals surface area contributed by atoms with Crippen molar-refractivity contribution >= 4 is 0 Å². The maximum Gasteiger partial charge on any atom is 0.0113 e. The highest BCUT2D eigenvalue weighted by atomic mass is 15.1. The summed E-state index contributed by atoms with van der Waals surface area (Å²) in [4.78, 5) is 2.56. The van der Waals surface area contributed by atoms with Gasteiger partial charge in [0, 0.05) is 12.1 Å². The van der Waals surface area contributed by atoms with Gasteiger partial charge in [-0.1, -0.05) is 31.2 Å². The summed E-state index contributed by atoms with van der Waals surface area (Å²) in [6.07, 6.45) is 6.44. The number of likely N-dealkylation sites (tertiary alicyclic amines) is 1. The zero-order chi connectivity index (χ0) is 13.1. The number of piperidine rings is 1. The van der Waals surface area contributed by atoms with Crippen LogP contribution in [-0.4, -0.2) is 36.6 Å². The van der Waals surface area contributed by atoms with E-state index in [0.717, 1.165) is 6.04 Å². The molecule has 3 rings (SSSR count). The molecule has 1 aliphatic heterocycles. The van der Waals surface area contributed by atoms with Crippen molar-refractivity contribution < 1.29 is 0 Å². The highest BCUT2D eigenvalue weighted by molar-refractivity contribution is 5.30. The molecular weight excluding hydrogens is 232 g/mol. The van der Waals surface area contributed by atoms with E-state index in [1.165, 1.54) is 51.7 Å². The summed E-state index contributed by atoms with van der Waals surface area (Å²) in [6.45, 7) is 6.03. The fraction of sp³-hybridized carbons (Fsp3) is 0.647. The third-order valence-electron chi connectivity index (χ3n) is 4.85. The first-order valence-corrected chi connectivity index (χ1v) is 7.90. The first-order valence-electron chi connectivity index (χ1n) is 7.90. The molecule has 1 atom stereocenters. The molecule has 0 bridgehead atoms. The molecule has 1 unspecified atom stereocenters. The summed E-state index contributed by atoms with van der Waals surface area (Å²) < 4.78 is 0. The Bertz CT molecular complexity index is 407. The highest BCUT2D eigenvalue weighted by Crippen LogP contribution is 2.22. The molecule has 1 fully saturated rings. The normalized spacial score (nSPS) is 25.2. The molecule has 19 heavy (non-hydrogen) atoms. The average Bonchev–Trinajstić information content (AvgIpc) is 2.48. The van der Waals surface area contributed by atoms with Crippen LogP contribution in [0.15, 0.2) is 24.3 Å². The Morgan fingerprint density at radius 2 is 1.79 bits per heavy atom. The topological polar surface area (TPSA) is 15.3 Å². The number of hydrogen-bond donors (Lipinski definition) is 1. The molecule has 1 heterocycles. The van der Waals surface area contributed by atoms with Crippen LogP contribution < -0.4 is 5.32 Å². The van der Waals surface area contributed by atoms with Crippen molar-refractivity contribution in [2.45, 2.75) is 51.1 Å². The van der Waals surface area contributed by atoms with E-state index >= 15 is 0 Å². The van der Waals surface area contributed by atoms with Gasteiger partial charge < -0.3 is 10.2 Å². The SMILES string of the molecule is CCN1CCC(NC2CCc3ccccc3C2)CC1. The molecule has 0 aromatic heterocycles. The summed E-state index contributed by atoms with van der Waals surface area (Å²) in [5.41, 5.74) is 3.14. The van der Waals surface area contributed by atoms with Crippen molar-refractivity contribution in [1.29, 1.82) is 0 Å². The molecule has 0 spiro atoms. The van der Waals surface area contributed by atoms with E-state index in [1.807, 2.05) is 0 Å². The van der Waals surface area contributed by atoms with E-state index in [2.05, 4.69) is 41.4 Å². The Hall–Kier alpha value is -0.860. The minimum atomic E-state index is 0.702. The minimum Gasteiger partial charge on any atom is -0.311 e. The summed E-state index contributed by atoms with van der Waals surface area (Å²) in [5, 5.41) is 3.92. The summed E-state index contributed by atoms with van der Waals surface area (Å²) in [6, 6.07) is 10.4. The summed E-state index contributed by atoms with van der Waals surface area (Å²) >= 11 is 0. The van der Waals surface area contributed by atoms with Crippen LogP contribution in [0.5, 0.6) is 0 Å². The Labute approximate surface area is 117 Å². The van der Waals surface area contributed by atoms with Gasteiger partial charge in [0.15, 0.2) is 0 Å². The lowest BCUT2D eigenvalue weighted by Crippen LogP contribution is -2.47. The van der Waals surface area contributed by atoms with E-state index < -0.39 is 0 Å². The van der Waals surface area contributed by atoms with E-state index in [4.69, 9.17) is 0 Å². The first kappa shape index (κ1) is 13.1. The number of benzene rings is 1.